The lowest BCUT2D eigenvalue weighted by Gasteiger charge is -2.31. The molecule has 2 amide bonds. The van der Waals surface area contributed by atoms with Crippen LogP contribution in [0.2, 0.25) is 5.02 Å². The molecule has 0 aliphatic heterocycles. The maximum absolute atomic E-state index is 13.2. The van der Waals surface area contributed by atoms with Crippen LogP contribution in [0, 0.1) is 0 Å². The minimum atomic E-state index is -0.568. The number of hydrogen-bond donors (Lipinski definition) is 1. The van der Waals surface area contributed by atoms with Crippen LogP contribution in [-0.4, -0.2) is 41.7 Å². The zero-order valence-corrected chi connectivity index (χ0v) is 20.3. The first-order valence-corrected chi connectivity index (χ1v) is 12.4. The van der Waals surface area contributed by atoms with Crippen molar-refractivity contribution in [2.75, 3.05) is 12.9 Å². The van der Waals surface area contributed by atoms with Crippen molar-refractivity contribution in [3.05, 3.63) is 59.1 Å². The summed E-state index contributed by atoms with van der Waals surface area (Å²) in [6, 6.07) is 14.6. The fourth-order valence-electron chi connectivity index (χ4n) is 3.88. The van der Waals surface area contributed by atoms with Crippen molar-refractivity contribution < 1.29 is 14.3 Å². The number of halogens is 1. The molecule has 5 nitrogen and oxygen atoms in total. The third kappa shape index (κ3) is 7.17. The summed E-state index contributed by atoms with van der Waals surface area (Å²) < 4.78 is 5.32. The third-order valence-corrected chi connectivity index (χ3v) is 7.03. The summed E-state index contributed by atoms with van der Waals surface area (Å²) in [5.41, 5.74) is 0.923. The fraction of sp³-hybridized carbons (Fsp3) is 0.440. The summed E-state index contributed by atoms with van der Waals surface area (Å²) in [5.74, 6) is 0.792. The standard InChI is InChI=1S/C25H31ClN2O3S/c1-18(25(30)27-21-8-4-3-5-9-21)28(16-19-7-6-10-22(15-19)31-2)24(29)17-32-23-13-11-20(26)12-14-23/h6-7,10-15,18,21H,3-5,8-9,16-17H2,1-2H3,(H,27,30). The van der Waals surface area contributed by atoms with Gasteiger partial charge in [-0.3, -0.25) is 9.59 Å². The van der Waals surface area contributed by atoms with Gasteiger partial charge >= 0.3 is 0 Å². The van der Waals surface area contributed by atoms with E-state index in [1.165, 1.54) is 18.2 Å². The maximum Gasteiger partial charge on any atom is 0.242 e. The Morgan fingerprint density at radius 1 is 1.16 bits per heavy atom. The second-order valence-electron chi connectivity index (χ2n) is 8.14. The van der Waals surface area contributed by atoms with E-state index in [2.05, 4.69) is 5.32 Å². The molecule has 1 aliphatic rings. The summed E-state index contributed by atoms with van der Waals surface area (Å²) in [5, 5.41) is 3.82. The van der Waals surface area contributed by atoms with Gasteiger partial charge in [0.2, 0.25) is 11.8 Å². The van der Waals surface area contributed by atoms with Gasteiger partial charge in [0.05, 0.1) is 12.9 Å². The molecule has 1 atom stereocenters. The van der Waals surface area contributed by atoms with Crippen LogP contribution in [0.5, 0.6) is 5.75 Å². The normalized spacial score (nSPS) is 15.1. The van der Waals surface area contributed by atoms with Crippen molar-refractivity contribution in [3.63, 3.8) is 0 Å². The molecule has 1 saturated carbocycles. The molecule has 0 heterocycles. The van der Waals surface area contributed by atoms with Gasteiger partial charge in [0, 0.05) is 22.5 Å². The first-order valence-electron chi connectivity index (χ1n) is 11.1. The molecule has 0 radical (unpaired) electrons. The van der Waals surface area contributed by atoms with Crippen LogP contribution in [0.4, 0.5) is 0 Å². The van der Waals surface area contributed by atoms with Crippen molar-refractivity contribution in [3.8, 4) is 5.75 Å². The molecule has 1 unspecified atom stereocenters. The minimum absolute atomic E-state index is 0.0842. The summed E-state index contributed by atoms with van der Waals surface area (Å²) in [4.78, 5) is 28.9. The molecule has 7 heteroatoms. The molecule has 2 aromatic rings. The number of nitrogens with one attached hydrogen (secondary N) is 1. The van der Waals surface area contributed by atoms with Gasteiger partial charge in [0.25, 0.3) is 0 Å². The Labute approximate surface area is 199 Å². The Kier molecular flexibility index (Phi) is 9.30. The lowest BCUT2D eigenvalue weighted by atomic mass is 9.95. The van der Waals surface area contributed by atoms with E-state index in [1.807, 2.05) is 55.5 Å². The number of hydrogen-bond acceptors (Lipinski definition) is 4. The number of ether oxygens (including phenoxy) is 1. The molecule has 2 aromatic carbocycles. The quantitative estimate of drug-likeness (QED) is 0.500. The van der Waals surface area contributed by atoms with Crippen LogP contribution in [0.15, 0.2) is 53.4 Å². The number of thioether (sulfide) groups is 1. The Morgan fingerprint density at radius 3 is 2.56 bits per heavy atom. The van der Waals surface area contributed by atoms with Gasteiger partial charge in [0.15, 0.2) is 0 Å². The van der Waals surface area contributed by atoms with Crippen LogP contribution < -0.4 is 10.1 Å². The van der Waals surface area contributed by atoms with Crippen molar-refractivity contribution in [2.24, 2.45) is 0 Å². The molecule has 3 rings (SSSR count). The minimum Gasteiger partial charge on any atom is -0.497 e. The van der Waals surface area contributed by atoms with Crippen LogP contribution in [0.3, 0.4) is 0 Å². The highest BCUT2D eigenvalue weighted by atomic mass is 35.5. The number of methoxy groups -OCH3 is 1. The predicted octanol–water partition coefficient (Wildman–Crippen LogP) is 5.31. The Morgan fingerprint density at radius 2 is 1.88 bits per heavy atom. The number of amides is 2. The Hall–Kier alpha value is -2.18. The van der Waals surface area contributed by atoms with E-state index in [-0.39, 0.29) is 23.6 Å². The van der Waals surface area contributed by atoms with Crippen LogP contribution in [0.1, 0.15) is 44.6 Å². The molecule has 0 saturated heterocycles. The first-order chi connectivity index (χ1) is 15.5. The molecule has 1 fully saturated rings. The van der Waals surface area contributed by atoms with Crippen molar-refractivity contribution in [1.82, 2.24) is 10.2 Å². The van der Waals surface area contributed by atoms with E-state index in [0.717, 1.165) is 41.9 Å². The smallest absolute Gasteiger partial charge is 0.242 e. The summed E-state index contributed by atoms with van der Waals surface area (Å²) in [6.07, 6.45) is 5.53. The van der Waals surface area contributed by atoms with Crippen LogP contribution >= 0.6 is 23.4 Å². The summed E-state index contributed by atoms with van der Waals surface area (Å²) in [6.45, 7) is 2.15. The third-order valence-electron chi connectivity index (χ3n) is 5.78. The van der Waals surface area contributed by atoms with E-state index in [1.54, 1.807) is 12.0 Å². The topological polar surface area (TPSA) is 58.6 Å². The molecular weight excluding hydrogens is 444 g/mol. The maximum atomic E-state index is 13.2. The fourth-order valence-corrected chi connectivity index (χ4v) is 4.79. The largest absolute Gasteiger partial charge is 0.497 e. The van der Waals surface area contributed by atoms with E-state index < -0.39 is 6.04 Å². The number of rotatable bonds is 9. The molecule has 1 aliphatic carbocycles. The number of benzene rings is 2. The SMILES string of the molecule is COc1cccc(CN(C(=O)CSc2ccc(Cl)cc2)C(C)C(=O)NC2CCCCC2)c1. The van der Waals surface area contributed by atoms with Crippen LogP contribution in [-0.2, 0) is 16.1 Å². The van der Waals surface area contributed by atoms with Crippen molar-refractivity contribution in [2.45, 2.75) is 62.6 Å². The van der Waals surface area contributed by atoms with Crippen molar-refractivity contribution in [1.29, 1.82) is 0 Å². The van der Waals surface area contributed by atoms with Gasteiger partial charge in [-0.1, -0.05) is 43.0 Å². The number of carbonyl (C=O) groups excluding carboxylic acids is 2. The first kappa shape index (κ1) is 24.5. The molecular formula is C25H31ClN2O3S. The highest BCUT2D eigenvalue weighted by molar-refractivity contribution is 8.00. The van der Waals surface area contributed by atoms with Gasteiger partial charge in [-0.25, -0.2) is 0 Å². The second kappa shape index (κ2) is 12.2. The Balaban J connectivity index is 1.71. The van der Waals surface area contributed by atoms with Gasteiger partial charge < -0.3 is 15.0 Å². The van der Waals surface area contributed by atoms with E-state index >= 15 is 0 Å². The van der Waals surface area contributed by atoms with Crippen molar-refractivity contribution >= 4 is 35.2 Å². The van der Waals surface area contributed by atoms with E-state index in [4.69, 9.17) is 16.3 Å². The predicted molar refractivity (Wildman–Crippen MR) is 130 cm³/mol. The molecule has 32 heavy (non-hydrogen) atoms. The van der Waals surface area contributed by atoms with Gasteiger partial charge in [-0.2, -0.15) is 0 Å². The highest BCUT2D eigenvalue weighted by Gasteiger charge is 2.28. The van der Waals surface area contributed by atoms with E-state index in [9.17, 15) is 9.59 Å². The summed E-state index contributed by atoms with van der Waals surface area (Å²) in [7, 11) is 1.62. The Bertz CT molecular complexity index is 900. The molecule has 0 aromatic heterocycles. The second-order valence-corrected chi connectivity index (χ2v) is 9.62. The van der Waals surface area contributed by atoms with Crippen LogP contribution in [0.25, 0.3) is 0 Å². The number of nitrogens with zero attached hydrogens (tertiary/aromatic N) is 1. The van der Waals surface area contributed by atoms with E-state index in [0.29, 0.717) is 11.6 Å². The number of carbonyl (C=O) groups is 2. The lowest BCUT2D eigenvalue weighted by Crippen LogP contribution is -2.50. The average Bonchev–Trinajstić information content (AvgIpc) is 2.82. The van der Waals surface area contributed by atoms with Gasteiger partial charge in [-0.15, -0.1) is 11.8 Å². The van der Waals surface area contributed by atoms with Gasteiger partial charge in [-0.05, 0) is 61.7 Å². The monoisotopic (exact) mass is 474 g/mol. The lowest BCUT2D eigenvalue weighted by molar-refractivity contribution is -0.139. The molecule has 0 spiro atoms. The zero-order valence-electron chi connectivity index (χ0n) is 18.7. The molecule has 0 bridgehead atoms. The zero-order chi connectivity index (χ0) is 22.9. The highest BCUT2D eigenvalue weighted by Crippen LogP contribution is 2.23. The van der Waals surface area contributed by atoms with Gasteiger partial charge in [0.1, 0.15) is 11.8 Å². The molecule has 1 N–H and O–H groups in total. The average molecular weight is 475 g/mol. The molecule has 172 valence electrons. The summed E-state index contributed by atoms with van der Waals surface area (Å²) >= 11 is 7.40.